The fourth-order valence-corrected chi connectivity index (χ4v) is 4.32. The van der Waals surface area contributed by atoms with Crippen LogP contribution in [-0.4, -0.2) is 62.0 Å². The number of benzene rings is 1. The molecular formula is C27H36ClN3O4. The predicted molar refractivity (Wildman–Crippen MR) is 138 cm³/mol. The molecule has 0 bridgehead atoms. The molecule has 2 aliphatic heterocycles. The molecular weight excluding hydrogens is 466 g/mol. The van der Waals surface area contributed by atoms with E-state index in [9.17, 15) is 14.4 Å². The van der Waals surface area contributed by atoms with Crippen LogP contribution in [0.1, 0.15) is 31.2 Å². The van der Waals surface area contributed by atoms with E-state index < -0.39 is 11.9 Å². The van der Waals surface area contributed by atoms with Crippen molar-refractivity contribution in [3.8, 4) is 12.3 Å². The van der Waals surface area contributed by atoms with E-state index in [-0.39, 0.29) is 43.3 Å². The van der Waals surface area contributed by atoms with Crippen molar-refractivity contribution in [3.63, 3.8) is 0 Å². The second-order valence-electron chi connectivity index (χ2n) is 8.94. The Morgan fingerprint density at radius 1 is 1.20 bits per heavy atom. The number of nitrogens with zero attached hydrogens (tertiary/aromatic N) is 1. The molecule has 2 fully saturated rings. The van der Waals surface area contributed by atoms with Crippen LogP contribution in [0.25, 0.3) is 0 Å². The van der Waals surface area contributed by atoms with Crippen LogP contribution in [-0.2, 0) is 25.5 Å². The van der Waals surface area contributed by atoms with Crippen molar-refractivity contribution < 1.29 is 19.1 Å². The Hall–Kier alpha value is -2.82. The van der Waals surface area contributed by atoms with Gasteiger partial charge in [-0.15, -0.1) is 18.8 Å². The molecule has 2 saturated heterocycles. The molecule has 190 valence electrons. The lowest BCUT2D eigenvalue weighted by atomic mass is 9.96. The first-order valence-electron chi connectivity index (χ1n) is 12.2. The Morgan fingerprint density at radius 3 is 2.66 bits per heavy atom. The van der Waals surface area contributed by atoms with Crippen molar-refractivity contribution in [1.82, 2.24) is 15.5 Å². The number of hydrogen-bond donors (Lipinski definition) is 2. The molecule has 2 amide bonds. The van der Waals surface area contributed by atoms with Gasteiger partial charge in [-0.2, -0.15) is 0 Å². The maximum atomic E-state index is 12.7. The Bertz CT molecular complexity index is 893. The lowest BCUT2D eigenvalue weighted by Crippen LogP contribution is -2.46. The minimum Gasteiger partial charge on any atom is -0.464 e. The van der Waals surface area contributed by atoms with Crippen molar-refractivity contribution in [2.45, 2.75) is 32.1 Å². The first-order chi connectivity index (χ1) is 16.6. The highest BCUT2D eigenvalue weighted by atomic mass is 35.5. The van der Waals surface area contributed by atoms with Crippen LogP contribution in [0.15, 0.2) is 42.5 Å². The van der Waals surface area contributed by atoms with Crippen molar-refractivity contribution >= 4 is 30.2 Å². The van der Waals surface area contributed by atoms with Gasteiger partial charge in [0.05, 0.1) is 12.5 Å². The summed E-state index contributed by atoms with van der Waals surface area (Å²) in [5.74, 6) is 0.965. The molecule has 2 aliphatic rings. The number of esters is 1. The second-order valence-corrected chi connectivity index (χ2v) is 8.94. The van der Waals surface area contributed by atoms with Crippen molar-refractivity contribution in [2.75, 3.05) is 39.3 Å². The van der Waals surface area contributed by atoms with Crippen LogP contribution in [0, 0.1) is 30.1 Å². The number of hydrogen-bond acceptors (Lipinski definition) is 5. The maximum Gasteiger partial charge on any atom is 0.322 e. The lowest BCUT2D eigenvalue weighted by Gasteiger charge is -2.31. The summed E-state index contributed by atoms with van der Waals surface area (Å²) in [6.07, 6.45) is 13.3. The molecule has 1 aromatic carbocycles. The molecule has 8 heteroatoms. The van der Waals surface area contributed by atoms with Gasteiger partial charge in [-0.3, -0.25) is 14.4 Å². The average molecular weight is 502 g/mol. The molecule has 0 saturated carbocycles. The van der Waals surface area contributed by atoms with Crippen LogP contribution in [0.5, 0.6) is 0 Å². The van der Waals surface area contributed by atoms with Gasteiger partial charge in [0.2, 0.25) is 11.8 Å². The Labute approximate surface area is 214 Å². The summed E-state index contributed by atoms with van der Waals surface area (Å²) in [6, 6.07) is 9.73. The van der Waals surface area contributed by atoms with E-state index in [0.29, 0.717) is 31.8 Å². The van der Waals surface area contributed by atoms with E-state index >= 15 is 0 Å². The molecule has 7 nitrogen and oxygen atoms in total. The van der Waals surface area contributed by atoms with Gasteiger partial charge in [0.1, 0.15) is 5.92 Å². The monoisotopic (exact) mass is 501 g/mol. The van der Waals surface area contributed by atoms with Crippen LogP contribution in [0.2, 0.25) is 0 Å². The number of halogens is 1. The molecule has 0 aromatic heterocycles. The van der Waals surface area contributed by atoms with Gasteiger partial charge in [-0.1, -0.05) is 42.3 Å². The van der Waals surface area contributed by atoms with E-state index in [1.54, 1.807) is 11.0 Å². The second kappa shape index (κ2) is 15.2. The van der Waals surface area contributed by atoms with Gasteiger partial charge in [0, 0.05) is 26.1 Å². The first kappa shape index (κ1) is 28.4. The summed E-state index contributed by atoms with van der Waals surface area (Å²) < 4.78 is 5.30. The summed E-state index contributed by atoms with van der Waals surface area (Å²) in [5.41, 5.74) is 1.07. The number of carbonyl (C=O) groups excluding carboxylic acids is 3. The summed E-state index contributed by atoms with van der Waals surface area (Å²) in [6.45, 7) is 3.26. The molecule has 2 heterocycles. The number of terminal acetylenes is 1. The number of rotatable bonds is 9. The minimum atomic E-state index is -0.839. The van der Waals surface area contributed by atoms with Crippen LogP contribution >= 0.6 is 12.4 Å². The average Bonchev–Trinajstić information content (AvgIpc) is 2.88. The quantitative estimate of drug-likeness (QED) is 0.308. The molecule has 35 heavy (non-hydrogen) atoms. The maximum absolute atomic E-state index is 12.7. The van der Waals surface area contributed by atoms with Gasteiger partial charge in [-0.05, 0) is 56.3 Å². The molecule has 2 N–H and O–H groups in total. The van der Waals surface area contributed by atoms with Gasteiger partial charge in [0.15, 0.2) is 0 Å². The predicted octanol–water partition coefficient (Wildman–Crippen LogP) is 2.35. The van der Waals surface area contributed by atoms with Gasteiger partial charge < -0.3 is 20.3 Å². The number of carbonyl (C=O) groups is 3. The highest BCUT2D eigenvalue weighted by Gasteiger charge is 2.28. The number of likely N-dealkylation sites (tertiary alicyclic amines) is 1. The van der Waals surface area contributed by atoms with Gasteiger partial charge in [0.25, 0.3) is 0 Å². The molecule has 1 aromatic rings. The molecule has 0 aliphatic carbocycles. The number of nitrogens with one attached hydrogen (secondary N) is 2. The molecule has 0 unspecified atom stereocenters. The fourth-order valence-electron chi connectivity index (χ4n) is 4.32. The highest BCUT2D eigenvalue weighted by Crippen LogP contribution is 2.18. The van der Waals surface area contributed by atoms with Crippen molar-refractivity contribution in [2.24, 2.45) is 17.8 Å². The lowest BCUT2D eigenvalue weighted by molar-refractivity contribution is -0.146. The van der Waals surface area contributed by atoms with Crippen LogP contribution < -0.4 is 10.6 Å². The largest absolute Gasteiger partial charge is 0.464 e. The zero-order chi connectivity index (χ0) is 24.2. The molecule has 2 atom stereocenters. The third-order valence-corrected chi connectivity index (χ3v) is 6.44. The number of piperidine rings is 2. The Balaban J connectivity index is 0.00000432. The van der Waals surface area contributed by atoms with E-state index in [1.165, 1.54) is 0 Å². The fraction of sp³-hybridized carbons (Fsp3) is 0.519. The van der Waals surface area contributed by atoms with Crippen molar-refractivity contribution in [1.29, 1.82) is 0 Å². The van der Waals surface area contributed by atoms with Gasteiger partial charge >= 0.3 is 5.97 Å². The number of allylic oxidation sites excluding steroid dienone is 1. The minimum absolute atomic E-state index is 0. The zero-order valence-electron chi connectivity index (χ0n) is 20.1. The molecule has 0 radical (unpaired) electrons. The summed E-state index contributed by atoms with van der Waals surface area (Å²) in [4.78, 5) is 39.4. The van der Waals surface area contributed by atoms with Crippen LogP contribution in [0.3, 0.4) is 0 Å². The first-order valence-corrected chi connectivity index (χ1v) is 12.2. The Kier molecular flexibility index (Phi) is 12.4. The van der Waals surface area contributed by atoms with Gasteiger partial charge in [-0.25, -0.2) is 0 Å². The third kappa shape index (κ3) is 9.39. The summed E-state index contributed by atoms with van der Waals surface area (Å²) >= 11 is 0. The van der Waals surface area contributed by atoms with E-state index in [4.69, 9.17) is 11.2 Å². The number of ether oxygens (including phenoxy) is 1. The SMILES string of the molecule is C#C[C@@H](CNC(=O)[C@@H]1CCCN(C(=O)/C=C/C2CCNCC2)C1)C(=O)OCCc1ccccc1.Cl. The third-order valence-electron chi connectivity index (χ3n) is 6.44. The smallest absolute Gasteiger partial charge is 0.322 e. The summed E-state index contributed by atoms with van der Waals surface area (Å²) in [7, 11) is 0. The Morgan fingerprint density at radius 2 is 1.94 bits per heavy atom. The van der Waals surface area contributed by atoms with Crippen LogP contribution in [0.4, 0.5) is 0 Å². The van der Waals surface area contributed by atoms with E-state index in [0.717, 1.165) is 37.9 Å². The number of amides is 2. The zero-order valence-corrected chi connectivity index (χ0v) is 20.9. The highest BCUT2D eigenvalue weighted by molar-refractivity contribution is 5.88. The molecule has 3 rings (SSSR count). The van der Waals surface area contributed by atoms with Crippen molar-refractivity contribution in [3.05, 3.63) is 48.0 Å². The standard InChI is InChI=1S/C27H35N3O4.ClH/c1-2-23(27(33)34-18-14-21-7-4-3-5-8-21)19-29-26(32)24-9-6-17-30(20-24)25(31)11-10-22-12-15-28-16-13-22;/h1,3-5,7-8,10-11,22-24,28H,6,9,12-20H2,(H,29,32);1H/b11-10+;/t23-,24+;/m0./s1. The molecule has 0 spiro atoms. The summed E-state index contributed by atoms with van der Waals surface area (Å²) in [5, 5.41) is 6.11. The van der Waals surface area contributed by atoms with E-state index in [1.807, 2.05) is 36.4 Å². The topological polar surface area (TPSA) is 87.7 Å². The normalized spacial score (nSPS) is 19.3. The van der Waals surface area contributed by atoms with E-state index in [2.05, 4.69) is 16.6 Å².